The summed E-state index contributed by atoms with van der Waals surface area (Å²) < 4.78 is 5.26. The number of rotatable bonds is 8. The molecule has 0 aromatic heterocycles. The maximum atomic E-state index is 12.0. The topological polar surface area (TPSA) is 69.4 Å². The maximum absolute atomic E-state index is 12.0. The summed E-state index contributed by atoms with van der Waals surface area (Å²) in [6.45, 7) is 3.92. The number of esters is 1. The first kappa shape index (κ1) is 17.4. The Morgan fingerprint density at radius 3 is 2.71 bits per heavy atom. The first-order valence-corrected chi connectivity index (χ1v) is 7.48. The number of halogens is 1. The van der Waals surface area contributed by atoms with Gasteiger partial charge in [0, 0.05) is 11.1 Å². The molecule has 0 N–H and O–H groups in total. The summed E-state index contributed by atoms with van der Waals surface area (Å²) in [5.74, 6) is -0.702. The van der Waals surface area contributed by atoms with Gasteiger partial charge in [-0.3, -0.25) is 10.1 Å². The fourth-order valence-corrected chi connectivity index (χ4v) is 2.17. The standard InChI is InChI=1S/C15H20ClNO4/c1-3-4-5-6-7-11(2)21-15(18)13-10-12(16)8-9-14(13)17(19)20/h8-11H,3-7H2,1-2H3. The molecule has 0 heterocycles. The average Bonchev–Trinajstić information content (AvgIpc) is 2.43. The molecule has 0 saturated carbocycles. The van der Waals surface area contributed by atoms with Crippen molar-refractivity contribution in [3.63, 3.8) is 0 Å². The lowest BCUT2D eigenvalue weighted by molar-refractivity contribution is -0.385. The van der Waals surface area contributed by atoms with Crippen LogP contribution in [-0.4, -0.2) is 17.0 Å². The van der Waals surface area contributed by atoms with Gasteiger partial charge in [0.15, 0.2) is 0 Å². The number of nitro groups is 1. The van der Waals surface area contributed by atoms with Crippen LogP contribution in [0, 0.1) is 10.1 Å². The zero-order chi connectivity index (χ0) is 15.8. The second-order valence-corrected chi connectivity index (χ2v) is 5.42. The number of nitrogens with zero attached hydrogens (tertiary/aromatic N) is 1. The van der Waals surface area contributed by atoms with E-state index in [-0.39, 0.29) is 22.4 Å². The van der Waals surface area contributed by atoms with Crippen molar-refractivity contribution in [3.05, 3.63) is 38.9 Å². The van der Waals surface area contributed by atoms with E-state index in [1.165, 1.54) is 18.2 Å². The number of hydrogen-bond donors (Lipinski definition) is 0. The smallest absolute Gasteiger partial charge is 0.345 e. The minimum absolute atomic E-state index is 0.104. The van der Waals surface area contributed by atoms with Crippen molar-refractivity contribution in [2.24, 2.45) is 0 Å². The molecule has 21 heavy (non-hydrogen) atoms. The molecule has 0 aliphatic heterocycles. The zero-order valence-electron chi connectivity index (χ0n) is 12.3. The number of ether oxygens (including phenoxy) is 1. The highest BCUT2D eigenvalue weighted by molar-refractivity contribution is 6.31. The predicted octanol–water partition coefficient (Wildman–Crippen LogP) is 4.76. The molecule has 0 bridgehead atoms. The normalized spacial score (nSPS) is 12.0. The van der Waals surface area contributed by atoms with Gasteiger partial charge in [0.05, 0.1) is 11.0 Å². The molecule has 0 aliphatic rings. The Balaban J connectivity index is 2.66. The minimum atomic E-state index is -0.702. The van der Waals surface area contributed by atoms with Crippen molar-refractivity contribution in [2.45, 2.75) is 52.1 Å². The highest BCUT2D eigenvalue weighted by atomic mass is 35.5. The Kier molecular flexibility index (Phi) is 7.15. The monoisotopic (exact) mass is 313 g/mol. The quantitative estimate of drug-likeness (QED) is 0.300. The van der Waals surface area contributed by atoms with Crippen molar-refractivity contribution in [1.82, 2.24) is 0 Å². The Labute approximate surface area is 129 Å². The summed E-state index contributed by atoms with van der Waals surface area (Å²) in [5.41, 5.74) is -0.393. The van der Waals surface area contributed by atoms with Crippen molar-refractivity contribution in [3.8, 4) is 0 Å². The minimum Gasteiger partial charge on any atom is -0.459 e. The number of unbranched alkanes of at least 4 members (excludes halogenated alkanes) is 3. The van der Waals surface area contributed by atoms with Crippen LogP contribution in [0.15, 0.2) is 18.2 Å². The third-order valence-electron chi connectivity index (χ3n) is 3.15. The van der Waals surface area contributed by atoms with Gasteiger partial charge in [0.25, 0.3) is 5.69 Å². The molecule has 0 spiro atoms. The lowest BCUT2D eigenvalue weighted by Gasteiger charge is -2.13. The van der Waals surface area contributed by atoms with Crippen LogP contribution in [0.4, 0.5) is 5.69 Å². The lowest BCUT2D eigenvalue weighted by atomic mass is 10.1. The number of carbonyl (C=O) groups excluding carboxylic acids is 1. The molecular formula is C15H20ClNO4. The molecule has 0 saturated heterocycles. The van der Waals surface area contributed by atoms with Gasteiger partial charge in [0.1, 0.15) is 5.56 Å². The molecule has 1 aromatic rings. The van der Waals surface area contributed by atoms with E-state index in [4.69, 9.17) is 16.3 Å². The van der Waals surface area contributed by atoms with Crippen LogP contribution in [0.1, 0.15) is 56.3 Å². The fraction of sp³-hybridized carbons (Fsp3) is 0.533. The second-order valence-electron chi connectivity index (χ2n) is 4.98. The Hall–Kier alpha value is -1.62. The number of nitro benzene ring substituents is 1. The Morgan fingerprint density at radius 2 is 2.10 bits per heavy atom. The van der Waals surface area contributed by atoms with Crippen LogP contribution in [0.25, 0.3) is 0 Å². The number of carbonyl (C=O) groups is 1. The fourth-order valence-electron chi connectivity index (χ4n) is 1.99. The van der Waals surface area contributed by atoms with Crippen molar-refractivity contribution >= 4 is 23.3 Å². The predicted molar refractivity (Wildman–Crippen MR) is 81.7 cm³/mol. The van der Waals surface area contributed by atoms with Crippen LogP contribution in [-0.2, 0) is 4.74 Å². The van der Waals surface area contributed by atoms with E-state index in [2.05, 4.69) is 6.92 Å². The SMILES string of the molecule is CCCCCCC(C)OC(=O)c1cc(Cl)ccc1[N+](=O)[O-]. The van der Waals surface area contributed by atoms with Crippen LogP contribution < -0.4 is 0 Å². The summed E-state index contributed by atoms with van der Waals surface area (Å²) in [5, 5.41) is 11.2. The largest absolute Gasteiger partial charge is 0.459 e. The molecule has 6 heteroatoms. The zero-order valence-corrected chi connectivity index (χ0v) is 13.1. The van der Waals surface area contributed by atoms with E-state index in [1.54, 1.807) is 6.92 Å². The summed E-state index contributed by atoms with van der Waals surface area (Å²) in [4.78, 5) is 22.3. The summed E-state index contributed by atoms with van der Waals surface area (Å²) in [7, 11) is 0. The number of hydrogen-bond acceptors (Lipinski definition) is 4. The van der Waals surface area contributed by atoms with E-state index in [0.717, 1.165) is 32.1 Å². The van der Waals surface area contributed by atoms with E-state index in [1.807, 2.05) is 0 Å². The van der Waals surface area contributed by atoms with Gasteiger partial charge < -0.3 is 4.74 Å². The Morgan fingerprint density at radius 1 is 1.38 bits per heavy atom. The molecule has 0 amide bonds. The molecule has 1 unspecified atom stereocenters. The molecular weight excluding hydrogens is 294 g/mol. The summed E-state index contributed by atoms with van der Waals surface area (Å²) in [6, 6.07) is 3.86. The second kappa shape index (κ2) is 8.62. The van der Waals surface area contributed by atoms with Crippen LogP contribution in [0.2, 0.25) is 5.02 Å². The number of benzene rings is 1. The highest BCUT2D eigenvalue weighted by Crippen LogP contribution is 2.24. The first-order valence-electron chi connectivity index (χ1n) is 7.10. The van der Waals surface area contributed by atoms with Crippen molar-refractivity contribution in [1.29, 1.82) is 0 Å². The van der Waals surface area contributed by atoms with Crippen molar-refractivity contribution < 1.29 is 14.5 Å². The van der Waals surface area contributed by atoms with E-state index < -0.39 is 10.9 Å². The van der Waals surface area contributed by atoms with Crippen LogP contribution in [0.3, 0.4) is 0 Å². The van der Waals surface area contributed by atoms with Crippen molar-refractivity contribution in [2.75, 3.05) is 0 Å². The molecule has 0 fully saturated rings. The van der Waals surface area contributed by atoms with Gasteiger partial charge >= 0.3 is 5.97 Å². The maximum Gasteiger partial charge on any atom is 0.345 e. The summed E-state index contributed by atoms with van der Waals surface area (Å²) in [6.07, 6.45) is 4.84. The molecule has 1 rings (SSSR count). The highest BCUT2D eigenvalue weighted by Gasteiger charge is 2.23. The first-order chi connectivity index (χ1) is 9.95. The molecule has 0 radical (unpaired) electrons. The molecule has 5 nitrogen and oxygen atoms in total. The van der Waals surface area contributed by atoms with E-state index in [9.17, 15) is 14.9 Å². The summed E-state index contributed by atoms with van der Waals surface area (Å²) >= 11 is 5.79. The average molecular weight is 314 g/mol. The van der Waals surface area contributed by atoms with Crippen LogP contribution >= 0.6 is 11.6 Å². The molecule has 0 aliphatic carbocycles. The van der Waals surface area contributed by atoms with Gasteiger partial charge in [-0.25, -0.2) is 4.79 Å². The van der Waals surface area contributed by atoms with E-state index >= 15 is 0 Å². The van der Waals surface area contributed by atoms with Gasteiger partial charge in [-0.05, 0) is 31.9 Å². The van der Waals surface area contributed by atoms with Gasteiger partial charge in [0.2, 0.25) is 0 Å². The Bertz CT molecular complexity index is 504. The molecule has 116 valence electrons. The molecule has 1 atom stereocenters. The third-order valence-corrected chi connectivity index (χ3v) is 3.38. The van der Waals surface area contributed by atoms with Crippen LogP contribution in [0.5, 0.6) is 0 Å². The van der Waals surface area contributed by atoms with E-state index in [0.29, 0.717) is 0 Å². The van der Waals surface area contributed by atoms with Gasteiger partial charge in [-0.1, -0.05) is 37.8 Å². The lowest BCUT2D eigenvalue weighted by Crippen LogP contribution is -2.16. The van der Waals surface area contributed by atoms with Gasteiger partial charge in [-0.15, -0.1) is 0 Å². The molecule has 1 aromatic carbocycles. The third kappa shape index (κ3) is 5.71. The van der Waals surface area contributed by atoms with Gasteiger partial charge in [-0.2, -0.15) is 0 Å².